The van der Waals surface area contributed by atoms with Gasteiger partial charge in [0.25, 0.3) is 5.56 Å². The Labute approximate surface area is 118 Å². The normalized spacial score (nSPS) is 10.7. The van der Waals surface area contributed by atoms with Crippen LogP contribution in [0.4, 0.5) is 4.39 Å². The molecule has 0 aliphatic heterocycles. The Morgan fingerprint density at radius 1 is 1.17 bits per heavy atom. The summed E-state index contributed by atoms with van der Waals surface area (Å²) in [5.41, 5.74) is -0.222. The summed E-state index contributed by atoms with van der Waals surface area (Å²) in [5.74, 6) is -0.481. The van der Waals surface area contributed by atoms with E-state index in [0.717, 1.165) is 0 Å². The van der Waals surface area contributed by atoms with Gasteiger partial charge in [-0.05, 0) is 18.2 Å². The lowest BCUT2D eigenvalue weighted by Crippen LogP contribution is -2.21. The summed E-state index contributed by atoms with van der Waals surface area (Å²) in [6, 6.07) is 5.66. The van der Waals surface area contributed by atoms with Crippen molar-refractivity contribution in [2.45, 2.75) is 6.54 Å². The Morgan fingerprint density at radius 2 is 1.89 bits per heavy atom. The third-order valence-corrected chi connectivity index (χ3v) is 3.23. The Hall–Kier alpha value is -1.03. The lowest BCUT2D eigenvalue weighted by atomic mass is 10.2. The lowest BCUT2D eigenvalue weighted by Gasteiger charge is -2.09. The number of rotatable bonds is 2. The van der Waals surface area contributed by atoms with E-state index in [-0.39, 0.29) is 22.2 Å². The average molecular weight is 307 g/mol. The fourth-order valence-electron chi connectivity index (χ4n) is 1.54. The maximum absolute atomic E-state index is 13.6. The first-order valence-electron chi connectivity index (χ1n) is 4.97. The summed E-state index contributed by atoms with van der Waals surface area (Å²) in [4.78, 5) is 11.8. The Morgan fingerprint density at radius 3 is 2.56 bits per heavy atom. The van der Waals surface area contributed by atoms with Crippen LogP contribution in [0.25, 0.3) is 0 Å². The molecule has 2 aromatic rings. The molecule has 0 radical (unpaired) electrons. The molecule has 1 aromatic heterocycles. The highest BCUT2D eigenvalue weighted by molar-refractivity contribution is 6.34. The zero-order chi connectivity index (χ0) is 13.3. The molecule has 0 N–H and O–H groups in total. The smallest absolute Gasteiger partial charge is 0.269 e. The molecule has 0 spiro atoms. The fraction of sp³-hybridized carbons (Fsp3) is 0.0833. The minimum absolute atomic E-state index is 0.0186. The van der Waals surface area contributed by atoms with Crippen LogP contribution in [0.1, 0.15) is 5.56 Å². The van der Waals surface area contributed by atoms with Crippen LogP contribution >= 0.6 is 34.8 Å². The second-order valence-electron chi connectivity index (χ2n) is 3.64. The summed E-state index contributed by atoms with van der Waals surface area (Å²) in [6.45, 7) is -0.0232. The fourth-order valence-corrected chi connectivity index (χ4v) is 2.27. The highest BCUT2D eigenvalue weighted by atomic mass is 35.5. The van der Waals surface area contributed by atoms with Gasteiger partial charge in [-0.2, -0.15) is 0 Å². The summed E-state index contributed by atoms with van der Waals surface area (Å²) >= 11 is 17.4. The maximum Gasteiger partial charge on any atom is 0.269 e. The predicted octanol–water partition coefficient (Wildman–Crippen LogP) is 4.00. The second kappa shape index (κ2) is 5.31. The van der Waals surface area contributed by atoms with Crippen LogP contribution in [-0.4, -0.2) is 4.57 Å². The van der Waals surface area contributed by atoms with Crippen molar-refractivity contribution in [1.29, 1.82) is 0 Å². The van der Waals surface area contributed by atoms with Crippen molar-refractivity contribution in [2.24, 2.45) is 0 Å². The van der Waals surface area contributed by atoms with E-state index in [1.165, 1.54) is 29.0 Å². The van der Waals surface area contributed by atoms with E-state index in [9.17, 15) is 9.18 Å². The summed E-state index contributed by atoms with van der Waals surface area (Å²) < 4.78 is 14.8. The molecule has 0 unspecified atom stereocenters. The minimum Gasteiger partial charge on any atom is -0.308 e. The van der Waals surface area contributed by atoms with Gasteiger partial charge < -0.3 is 4.57 Å². The second-order valence-corrected chi connectivity index (χ2v) is 4.89. The molecular formula is C12H7Cl3FNO. The van der Waals surface area contributed by atoms with Crippen LogP contribution in [0.15, 0.2) is 35.3 Å². The van der Waals surface area contributed by atoms with Gasteiger partial charge in [0, 0.05) is 16.8 Å². The SMILES string of the molecule is O=c1c(Cl)cc(Cl)cn1Cc1c(F)cccc1Cl. The van der Waals surface area contributed by atoms with Crippen LogP contribution in [0, 0.1) is 5.82 Å². The zero-order valence-electron chi connectivity index (χ0n) is 8.96. The van der Waals surface area contributed by atoms with Crippen molar-refractivity contribution in [3.05, 3.63) is 67.3 Å². The van der Waals surface area contributed by atoms with E-state index >= 15 is 0 Å². The van der Waals surface area contributed by atoms with Gasteiger partial charge in [-0.1, -0.05) is 40.9 Å². The average Bonchev–Trinajstić information content (AvgIpc) is 2.30. The molecule has 0 bridgehead atoms. The molecule has 0 saturated carbocycles. The number of nitrogens with zero attached hydrogens (tertiary/aromatic N) is 1. The predicted molar refractivity (Wildman–Crippen MR) is 71.2 cm³/mol. The van der Waals surface area contributed by atoms with E-state index in [1.54, 1.807) is 6.07 Å². The molecule has 2 rings (SSSR count). The van der Waals surface area contributed by atoms with E-state index in [1.807, 2.05) is 0 Å². The monoisotopic (exact) mass is 305 g/mol. The lowest BCUT2D eigenvalue weighted by molar-refractivity contribution is 0.596. The van der Waals surface area contributed by atoms with Crippen LogP contribution in [0.3, 0.4) is 0 Å². The molecule has 1 heterocycles. The molecule has 18 heavy (non-hydrogen) atoms. The van der Waals surface area contributed by atoms with Crippen LogP contribution in [0.2, 0.25) is 15.1 Å². The van der Waals surface area contributed by atoms with Crippen molar-refractivity contribution in [3.63, 3.8) is 0 Å². The molecule has 0 aliphatic carbocycles. The van der Waals surface area contributed by atoms with E-state index in [4.69, 9.17) is 34.8 Å². The molecule has 0 aliphatic rings. The van der Waals surface area contributed by atoms with E-state index in [2.05, 4.69) is 0 Å². The Balaban J connectivity index is 2.50. The maximum atomic E-state index is 13.6. The largest absolute Gasteiger partial charge is 0.308 e. The topological polar surface area (TPSA) is 22.0 Å². The number of halogens is 4. The van der Waals surface area contributed by atoms with Crippen LogP contribution in [-0.2, 0) is 6.54 Å². The van der Waals surface area contributed by atoms with Gasteiger partial charge in [0.05, 0.1) is 11.6 Å². The van der Waals surface area contributed by atoms with Gasteiger partial charge in [0.15, 0.2) is 0 Å². The number of pyridine rings is 1. The Bertz CT molecular complexity index is 634. The van der Waals surface area contributed by atoms with Crippen molar-refractivity contribution < 1.29 is 4.39 Å². The molecule has 0 fully saturated rings. The number of hydrogen-bond acceptors (Lipinski definition) is 1. The number of benzene rings is 1. The van der Waals surface area contributed by atoms with Crippen molar-refractivity contribution in [3.8, 4) is 0 Å². The molecule has 94 valence electrons. The van der Waals surface area contributed by atoms with Crippen molar-refractivity contribution in [2.75, 3.05) is 0 Å². The van der Waals surface area contributed by atoms with Crippen LogP contribution in [0.5, 0.6) is 0 Å². The van der Waals surface area contributed by atoms with Crippen molar-refractivity contribution in [1.82, 2.24) is 4.57 Å². The van der Waals surface area contributed by atoms with E-state index < -0.39 is 11.4 Å². The third-order valence-electron chi connectivity index (χ3n) is 2.40. The highest BCUT2D eigenvalue weighted by Gasteiger charge is 2.10. The van der Waals surface area contributed by atoms with Gasteiger partial charge in [-0.25, -0.2) is 4.39 Å². The molecule has 2 nitrogen and oxygen atoms in total. The van der Waals surface area contributed by atoms with Gasteiger partial charge in [0.2, 0.25) is 0 Å². The van der Waals surface area contributed by atoms with E-state index in [0.29, 0.717) is 5.02 Å². The van der Waals surface area contributed by atoms with Crippen molar-refractivity contribution >= 4 is 34.8 Å². The summed E-state index contributed by atoms with van der Waals surface area (Å²) in [5, 5.41) is 0.528. The number of aromatic nitrogens is 1. The van der Waals surface area contributed by atoms with Gasteiger partial charge in [-0.15, -0.1) is 0 Å². The molecule has 6 heteroatoms. The molecule has 0 atom stereocenters. The first kappa shape index (κ1) is 13.4. The quantitative estimate of drug-likeness (QED) is 0.822. The third kappa shape index (κ3) is 2.69. The summed E-state index contributed by atoms with van der Waals surface area (Å²) in [6.07, 6.45) is 1.39. The highest BCUT2D eigenvalue weighted by Crippen LogP contribution is 2.20. The first-order valence-corrected chi connectivity index (χ1v) is 6.11. The first-order chi connectivity index (χ1) is 8.49. The molecule has 0 amide bonds. The molecular weight excluding hydrogens is 299 g/mol. The Kier molecular flexibility index (Phi) is 3.95. The number of hydrogen-bond donors (Lipinski definition) is 0. The van der Waals surface area contributed by atoms with Crippen LogP contribution < -0.4 is 5.56 Å². The molecule has 1 aromatic carbocycles. The van der Waals surface area contributed by atoms with Gasteiger partial charge >= 0.3 is 0 Å². The molecule has 0 saturated heterocycles. The van der Waals surface area contributed by atoms with Gasteiger partial charge in [0.1, 0.15) is 10.8 Å². The zero-order valence-corrected chi connectivity index (χ0v) is 11.2. The summed E-state index contributed by atoms with van der Waals surface area (Å²) in [7, 11) is 0. The van der Waals surface area contributed by atoms with Gasteiger partial charge in [-0.3, -0.25) is 4.79 Å². The standard InChI is InChI=1S/C12H7Cl3FNO/c13-7-4-10(15)12(18)17(5-7)6-8-9(14)2-1-3-11(8)16/h1-5H,6H2. The minimum atomic E-state index is -0.481.